The van der Waals surface area contributed by atoms with Crippen molar-refractivity contribution in [1.82, 2.24) is 10.6 Å². The van der Waals surface area contributed by atoms with E-state index in [4.69, 9.17) is 0 Å². The van der Waals surface area contributed by atoms with Gasteiger partial charge in [0, 0.05) is 12.1 Å². The Bertz CT molecular complexity index is 1210. The molecule has 8 unspecified atom stereocenters. The molecule has 0 bridgehead atoms. The molecule has 288 valence electrons. The van der Waals surface area contributed by atoms with Gasteiger partial charge >= 0.3 is 0 Å². The maximum atomic E-state index is 3.89. The van der Waals surface area contributed by atoms with Crippen molar-refractivity contribution >= 4 is 0 Å². The molecular formula is C49H82N2. The van der Waals surface area contributed by atoms with Gasteiger partial charge < -0.3 is 10.6 Å². The summed E-state index contributed by atoms with van der Waals surface area (Å²) in [5.74, 6) is 9.39. The second-order valence-corrected chi connectivity index (χ2v) is 22.0. The number of hydrogen-bond donors (Lipinski definition) is 2. The van der Waals surface area contributed by atoms with Gasteiger partial charge in [-0.15, -0.1) is 0 Å². The first-order valence-corrected chi connectivity index (χ1v) is 23.3. The molecule has 0 spiro atoms. The summed E-state index contributed by atoms with van der Waals surface area (Å²) in [6, 6.07) is 1.46. The van der Waals surface area contributed by atoms with Gasteiger partial charge in [0.1, 0.15) is 0 Å². The third-order valence-electron chi connectivity index (χ3n) is 19.8. The van der Waals surface area contributed by atoms with Crippen molar-refractivity contribution in [3.05, 3.63) is 23.3 Å². The molecule has 0 aromatic heterocycles. The number of allylic oxidation sites excluding steroid dienone is 2. The van der Waals surface area contributed by atoms with E-state index in [1.165, 1.54) is 135 Å². The van der Waals surface area contributed by atoms with Crippen LogP contribution in [-0.2, 0) is 0 Å². The van der Waals surface area contributed by atoms with Crippen LogP contribution in [0.5, 0.6) is 0 Å². The second-order valence-electron chi connectivity index (χ2n) is 22.0. The fourth-order valence-electron chi connectivity index (χ4n) is 17.2. The zero-order valence-corrected chi connectivity index (χ0v) is 34.9. The van der Waals surface area contributed by atoms with Crippen LogP contribution in [0.25, 0.3) is 0 Å². The maximum Gasteiger partial charge on any atom is 0.0105 e. The molecule has 2 heteroatoms. The Labute approximate surface area is 316 Å². The van der Waals surface area contributed by atoms with E-state index in [-0.39, 0.29) is 0 Å². The van der Waals surface area contributed by atoms with Gasteiger partial charge in [0.25, 0.3) is 0 Å². The molecule has 0 aromatic carbocycles. The Morgan fingerprint density at radius 2 is 1.00 bits per heavy atom. The van der Waals surface area contributed by atoms with Crippen LogP contribution in [0.3, 0.4) is 0 Å². The minimum Gasteiger partial charge on any atom is -0.314 e. The summed E-state index contributed by atoms with van der Waals surface area (Å²) >= 11 is 0. The van der Waals surface area contributed by atoms with Crippen molar-refractivity contribution in [2.24, 2.45) is 80.8 Å². The predicted molar refractivity (Wildman–Crippen MR) is 217 cm³/mol. The Hall–Kier alpha value is -0.600. The molecule has 6 fully saturated rings. The van der Waals surface area contributed by atoms with Crippen LogP contribution in [0, 0.1) is 80.8 Å². The first-order chi connectivity index (χ1) is 24.5. The summed E-state index contributed by atoms with van der Waals surface area (Å²) < 4.78 is 0. The van der Waals surface area contributed by atoms with Gasteiger partial charge in [-0.1, -0.05) is 78.7 Å². The fraction of sp³-hybridized carbons (Fsp3) is 0.918. The van der Waals surface area contributed by atoms with Crippen LogP contribution >= 0.6 is 0 Å². The lowest BCUT2D eigenvalue weighted by molar-refractivity contribution is -0.0608. The molecule has 0 heterocycles. The van der Waals surface area contributed by atoms with Gasteiger partial charge in [0.05, 0.1) is 0 Å². The van der Waals surface area contributed by atoms with E-state index in [9.17, 15) is 0 Å². The molecule has 51 heavy (non-hydrogen) atoms. The summed E-state index contributed by atoms with van der Waals surface area (Å²) in [7, 11) is 0. The molecule has 0 amide bonds. The molecule has 6 saturated carbocycles. The number of fused-ring (bicyclic) bond motifs is 10. The van der Waals surface area contributed by atoms with E-state index < -0.39 is 0 Å². The highest BCUT2D eigenvalue weighted by Gasteiger charge is 2.61. The Morgan fingerprint density at radius 1 is 0.569 bits per heavy atom. The zero-order valence-electron chi connectivity index (χ0n) is 34.9. The van der Waals surface area contributed by atoms with E-state index >= 15 is 0 Å². The summed E-state index contributed by atoms with van der Waals surface area (Å²) in [6.07, 6.45) is 32.8. The lowest BCUT2D eigenvalue weighted by Crippen LogP contribution is -2.52. The molecule has 16 atom stereocenters. The molecule has 8 aliphatic carbocycles. The quantitative estimate of drug-likeness (QED) is 0.222. The highest BCUT2D eigenvalue weighted by molar-refractivity contribution is 5.27. The average Bonchev–Trinajstić information content (AvgIpc) is 3.66. The van der Waals surface area contributed by atoms with Crippen molar-refractivity contribution in [3.8, 4) is 0 Å². The third-order valence-corrected chi connectivity index (χ3v) is 19.8. The molecule has 0 aromatic rings. The Kier molecular flexibility index (Phi) is 10.4. The topological polar surface area (TPSA) is 24.1 Å². The lowest BCUT2D eigenvalue weighted by atomic mass is 9.46. The van der Waals surface area contributed by atoms with Gasteiger partial charge in [-0.3, -0.25) is 0 Å². The van der Waals surface area contributed by atoms with E-state index in [1.807, 2.05) is 11.1 Å². The highest BCUT2D eigenvalue weighted by Crippen LogP contribution is 2.70. The maximum absolute atomic E-state index is 3.89. The first-order valence-electron chi connectivity index (χ1n) is 23.3. The summed E-state index contributed by atoms with van der Waals surface area (Å²) in [5.41, 5.74) is 5.83. The SMILES string of the molecule is CCCN[C@H]1CCC2(C)C(=CC[C@H]3C2CCC2(C)C([C@H](C)C[C@@H](C)C4CC[C@H]5[C@H]6CC=C7C[C@@H](NCCC)CCC7(C)C6CCC45C)CC[C@@H]32)C1. The van der Waals surface area contributed by atoms with Gasteiger partial charge in [-0.25, -0.2) is 0 Å². The summed E-state index contributed by atoms with van der Waals surface area (Å²) in [4.78, 5) is 0. The van der Waals surface area contributed by atoms with Crippen molar-refractivity contribution < 1.29 is 0 Å². The van der Waals surface area contributed by atoms with Crippen LogP contribution < -0.4 is 10.6 Å². The number of hydrogen-bond acceptors (Lipinski definition) is 2. The fourth-order valence-corrected chi connectivity index (χ4v) is 17.2. The molecule has 8 rings (SSSR count). The highest BCUT2D eigenvalue weighted by atomic mass is 14.9. The lowest BCUT2D eigenvalue weighted by Gasteiger charge is -2.59. The second kappa shape index (κ2) is 14.2. The van der Waals surface area contributed by atoms with Gasteiger partial charge in [-0.2, -0.15) is 0 Å². The van der Waals surface area contributed by atoms with E-state index in [0.717, 1.165) is 71.3 Å². The van der Waals surface area contributed by atoms with Crippen molar-refractivity contribution in [2.45, 2.75) is 189 Å². The molecule has 0 radical (unpaired) electrons. The van der Waals surface area contributed by atoms with Crippen molar-refractivity contribution in [1.29, 1.82) is 0 Å². The molecule has 0 aliphatic heterocycles. The largest absolute Gasteiger partial charge is 0.314 e. The minimum absolute atomic E-state index is 0.485. The summed E-state index contributed by atoms with van der Waals surface area (Å²) in [6.45, 7) is 23.5. The first kappa shape index (κ1) is 37.3. The standard InChI is InChI=1S/C49H82N2/c1-9-27-50-36-19-23-46(5)34(30-36)11-13-38-42-17-15-40(48(42,7)25-21-44(38)46)32(3)29-33(4)41-16-18-43-39-14-12-35-31-37(51-28-10-2)20-24-47(35,6)45(39)22-26-49(41,43)8/h11-12,32-33,36-45,50-51H,9-10,13-31H2,1-8H3/t32-,33-,36+,37+,38-,39-,40?,41?,42+,43+,44?,45?,46?,47?,48?,49?/m1/s1. The van der Waals surface area contributed by atoms with E-state index in [0.29, 0.717) is 21.7 Å². The molecule has 0 saturated heterocycles. The average molecular weight is 699 g/mol. The molecule has 8 aliphatic rings. The van der Waals surface area contributed by atoms with Crippen LogP contribution in [0.4, 0.5) is 0 Å². The van der Waals surface area contributed by atoms with Crippen LogP contribution in [0.2, 0.25) is 0 Å². The summed E-state index contributed by atoms with van der Waals surface area (Å²) in [5, 5.41) is 7.79. The van der Waals surface area contributed by atoms with Crippen molar-refractivity contribution in [3.63, 3.8) is 0 Å². The van der Waals surface area contributed by atoms with Crippen molar-refractivity contribution in [2.75, 3.05) is 13.1 Å². The Morgan fingerprint density at radius 3 is 1.41 bits per heavy atom. The molecular weight excluding hydrogens is 617 g/mol. The van der Waals surface area contributed by atoms with E-state index in [2.05, 4.69) is 78.2 Å². The normalized spacial score (nSPS) is 50.0. The van der Waals surface area contributed by atoms with Gasteiger partial charge in [0.2, 0.25) is 0 Å². The van der Waals surface area contributed by atoms with Gasteiger partial charge in [0.15, 0.2) is 0 Å². The third kappa shape index (κ3) is 6.05. The number of nitrogens with one attached hydrogen (secondary N) is 2. The monoisotopic (exact) mass is 699 g/mol. The Balaban J connectivity index is 0.912. The minimum atomic E-state index is 0.485. The van der Waals surface area contributed by atoms with Crippen LogP contribution in [0.1, 0.15) is 177 Å². The molecule has 2 nitrogen and oxygen atoms in total. The predicted octanol–water partition coefficient (Wildman–Crippen LogP) is 12.5. The zero-order chi connectivity index (χ0) is 35.8. The van der Waals surface area contributed by atoms with Crippen LogP contribution in [-0.4, -0.2) is 25.2 Å². The van der Waals surface area contributed by atoms with Gasteiger partial charge in [-0.05, 0) is 216 Å². The smallest absolute Gasteiger partial charge is 0.0105 e. The van der Waals surface area contributed by atoms with Crippen LogP contribution in [0.15, 0.2) is 23.3 Å². The number of rotatable bonds is 10. The molecule has 2 N–H and O–H groups in total. The van der Waals surface area contributed by atoms with E-state index in [1.54, 1.807) is 0 Å².